The fourth-order valence-corrected chi connectivity index (χ4v) is 2.22. The SMILES string of the molecule is C#CC(NC(N)=NC1CCOc2ccccc21)C(C)C.I. The van der Waals surface area contributed by atoms with Crippen molar-refractivity contribution in [2.45, 2.75) is 32.4 Å². The Morgan fingerprint density at radius 2 is 2.19 bits per heavy atom. The van der Waals surface area contributed by atoms with E-state index in [1.165, 1.54) is 0 Å². The molecule has 0 amide bonds. The normalized spacial score (nSPS) is 18.8. The number of hydrogen-bond donors (Lipinski definition) is 2. The smallest absolute Gasteiger partial charge is 0.190 e. The van der Waals surface area contributed by atoms with Crippen molar-refractivity contribution in [3.8, 4) is 18.1 Å². The van der Waals surface area contributed by atoms with E-state index in [0.717, 1.165) is 17.7 Å². The van der Waals surface area contributed by atoms with E-state index in [-0.39, 0.29) is 36.1 Å². The molecule has 1 aromatic rings. The molecule has 0 bridgehead atoms. The van der Waals surface area contributed by atoms with Gasteiger partial charge in [-0.3, -0.25) is 0 Å². The van der Waals surface area contributed by atoms with Gasteiger partial charge in [-0.15, -0.1) is 30.4 Å². The zero-order valence-corrected chi connectivity index (χ0v) is 14.7. The van der Waals surface area contributed by atoms with Gasteiger partial charge in [-0.25, -0.2) is 4.99 Å². The molecule has 1 aliphatic heterocycles. The Bertz CT molecular complexity index is 537. The number of aliphatic imine (C=N–C) groups is 1. The van der Waals surface area contributed by atoms with Gasteiger partial charge in [-0.2, -0.15) is 0 Å². The minimum Gasteiger partial charge on any atom is -0.493 e. The van der Waals surface area contributed by atoms with Crippen LogP contribution in [0, 0.1) is 18.3 Å². The number of fused-ring (bicyclic) bond motifs is 1. The molecule has 114 valence electrons. The lowest BCUT2D eigenvalue weighted by molar-refractivity contribution is 0.269. The predicted octanol–water partition coefficient (Wildman–Crippen LogP) is 2.69. The summed E-state index contributed by atoms with van der Waals surface area (Å²) in [6.45, 7) is 4.75. The zero-order chi connectivity index (χ0) is 14.5. The zero-order valence-electron chi connectivity index (χ0n) is 12.4. The Balaban J connectivity index is 0.00000220. The van der Waals surface area contributed by atoms with Crippen LogP contribution >= 0.6 is 24.0 Å². The number of hydrogen-bond acceptors (Lipinski definition) is 2. The summed E-state index contributed by atoms with van der Waals surface area (Å²) in [6, 6.07) is 7.85. The third kappa shape index (κ3) is 4.53. The molecule has 0 aromatic heterocycles. The van der Waals surface area contributed by atoms with Crippen LogP contribution in [-0.2, 0) is 0 Å². The Kier molecular flexibility index (Phi) is 6.82. The van der Waals surface area contributed by atoms with E-state index in [0.29, 0.717) is 18.5 Å². The van der Waals surface area contributed by atoms with Crippen LogP contribution in [0.2, 0.25) is 0 Å². The molecule has 3 N–H and O–H groups in total. The first-order valence-corrected chi connectivity index (χ1v) is 6.89. The molecule has 1 aromatic carbocycles. The van der Waals surface area contributed by atoms with Crippen molar-refractivity contribution in [2.24, 2.45) is 16.6 Å². The maximum absolute atomic E-state index is 5.98. The molecule has 0 spiro atoms. The van der Waals surface area contributed by atoms with Gasteiger partial charge in [0, 0.05) is 12.0 Å². The quantitative estimate of drug-likeness (QED) is 0.356. The molecule has 1 heterocycles. The van der Waals surface area contributed by atoms with E-state index in [2.05, 4.69) is 30.1 Å². The van der Waals surface area contributed by atoms with Crippen molar-refractivity contribution in [2.75, 3.05) is 6.61 Å². The third-order valence-electron chi connectivity index (χ3n) is 3.37. The van der Waals surface area contributed by atoms with Crippen LogP contribution in [0.5, 0.6) is 5.75 Å². The number of nitrogens with two attached hydrogens (primary N) is 1. The number of ether oxygens (including phenoxy) is 1. The Morgan fingerprint density at radius 3 is 2.86 bits per heavy atom. The lowest BCUT2D eigenvalue weighted by atomic mass is 10.0. The number of halogens is 1. The van der Waals surface area contributed by atoms with Crippen LogP contribution in [0.25, 0.3) is 0 Å². The van der Waals surface area contributed by atoms with Gasteiger partial charge in [0.2, 0.25) is 0 Å². The lowest BCUT2D eigenvalue weighted by Crippen LogP contribution is -2.42. The van der Waals surface area contributed by atoms with Crippen molar-refractivity contribution < 1.29 is 4.74 Å². The average molecular weight is 399 g/mol. The Labute approximate surface area is 143 Å². The van der Waals surface area contributed by atoms with E-state index in [1.807, 2.05) is 24.3 Å². The van der Waals surface area contributed by atoms with Gasteiger partial charge in [0.25, 0.3) is 0 Å². The summed E-state index contributed by atoms with van der Waals surface area (Å²) in [5.74, 6) is 4.27. The molecule has 0 aliphatic carbocycles. The number of terminal acetylenes is 1. The summed E-state index contributed by atoms with van der Waals surface area (Å²) in [5, 5.41) is 3.10. The van der Waals surface area contributed by atoms with Crippen LogP contribution < -0.4 is 15.8 Å². The van der Waals surface area contributed by atoms with Crippen molar-refractivity contribution in [3.05, 3.63) is 29.8 Å². The lowest BCUT2D eigenvalue weighted by Gasteiger charge is -2.24. The largest absolute Gasteiger partial charge is 0.493 e. The van der Waals surface area contributed by atoms with Crippen molar-refractivity contribution in [1.29, 1.82) is 0 Å². The highest BCUT2D eigenvalue weighted by atomic mass is 127. The van der Waals surface area contributed by atoms with Gasteiger partial charge in [0.1, 0.15) is 5.75 Å². The first-order chi connectivity index (χ1) is 9.61. The molecule has 2 unspecified atom stereocenters. The molecular formula is C16H22IN3O. The van der Waals surface area contributed by atoms with E-state index >= 15 is 0 Å². The summed E-state index contributed by atoms with van der Waals surface area (Å²) in [6.07, 6.45) is 6.31. The van der Waals surface area contributed by atoms with Gasteiger partial charge < -0.3 is 15.8 Å². The number of guanidine groups is 1. The van der Waals surface area contributed by atoms with Crippen molar-refractivity contribution in [1.82, 2.24) is 5.32 Å². The van der Waals surface area contributed by atoms with Crippen LogP contribution in [-0.4, -0.2) is 18.6 Å². The molecular weight excluding hydrogens is 377 g/mol. The highest BCUT2D eigenvalue weighted by Crippen LogP contribution is 2.33. The second-order valence-corrected chi connectivity index (χ2v) is 5.24. The van der Waals surface area contributed by atoms with Crippen molar-refractivity contribution >= 4 is 29.9 Å². The molecule has 1 aliphatic rings. The monoisotopic (exact) mass is 399 g/mol. The summed E-state index contributed by atoms with van der Waals surface area (Å²) in [7, 11) is 0. The number of nitrogens with zero attached hydrogens (tertiary/aromatic N) is 1. The third-order valence-corrected chi connectivity index (χ3v) is 3.37. The maximum atomic E-state index is 5.98. The first-order valence-electron chi connectivity index (χ1n) is 6.89. The van der Waals surface area contributed by atoms with Gasteiger partial charge in [0.05, 0.1) is 18.7 Å². The van der Waals surface area contributed by atoms with Gasteiger partial charge in [0.15, 0.2) is 5.96 Å². The van der Waals surface area contributed by atoms with E-state index in [4.69, 9.17) is 16.9 Å². The highest BCUT2D eigenvalue weighted by molar-refractivity contribution is 14.0. The molecule has 0 radical (unpaired) electrons. The molecule has 0 fully saturated rings. The molecule has 2 rings (SSSR count). The molecule has 0 saturated carbocycles. The summed E-state index contributed by atoms with van der Waals surface area (Å²) >= 11 is 0. The van der Waals surface area contributed by atoms with Crippen LogP contribution in [0.3, 0.4) is 0 Å². The van der Waals surface area contributed by atoms with Crippen LogP contribution in [0.4, 0.5) is 0 Å². The van der Waals surface area contributed by atoms with E-state index in [1.54, 1.807) is 0 Å². The molecule has 21 heavy (non-hydrogen) atoms. The molecule has 0 saturated heterocycles. The van der Waals surface area contributed by atoms with Crippen LogP contribution in [0.1, 0.15) is 31.9 Å². The summed E-state index contributed by atoms with van der Waals surface area (Å²) in [4.78, 5) is 4.56. The predicted molar refractivity (Wildman–Crippen MR) is 96.9 cm³/mol. The average Bonchev–Trinajstić information content (AvgIpc) is 2.45. The number of nitrogens with one attached hydrogen (secondary N) is 1. The minimum atomic E-state index is -0.103. The van der Waals surface area contributed by atoms with Gasteiger partial charge >= 0.3 is 0 Å². The minimum absolute atomic E-state index is 0. The van der Waals surface area contributed by atoms with E-state index in [9.17, 15) is 0 Å². The van der Waals surface area contributed by atoms with Crippen LogP contribution in [0.15, 0.2) is 29.3 Å². The maximum Gasteiger partial charge on any atom is 0.190 e. The topological polar surface area (TPSA) is 59.6 Å². The Morgan fingerprint density at radius 1 is 1.48 bits per heavy atom. The number of rotatable bonds is 3. The summed E-state index contributed by atoms with van der Waals surface area (Å²) in [5.41, 5.74) is 7.05. The van der Waals surface area contributed by atoms with E-state index < -0.39 is 0 Å². The Hall–Kier alpha value is -1.42. The molecule has 2 atom stereocenters. The number of benzene rings is 1. The first kappa shape index (κ1) is 17.6. The van der Waals surface area contributed by atoms with Crippen molar-refractivity contribution in [3.63, 3.8) is 0 Å². The second kappa shape index (κ2) is 8.13. The number of para-hydroxylation sites is 1. The van der Waals surface area contributed by atoms with Gasteiger partial charge in [-0.1, -0.05) is 38.0 Å². The molecule has 5 heteroatoms. The fraction of sp³-hybridized carbons (Fsp3) is 0.438. The fourth-order valence-electron chi connectivity index (χ4n) is 2.22. The highest BCUT2D eigenvalue weighted by Gasteiger charge is 2.21. The summed E-state index contributed by atoms with van der Waals surface area (Å²) < 4.78 is 5.61. The second-order valence-electron chi connectivity index (χ2n) is 5.24. The van der Waals surface area contributed by atoms with Gasteiger partial charge in [-0.05, 0) is 12.0 Å². The molecule has 4 nitrogen and oxygen atoms in total. The standard InChI is InChI=1S/C16H21N3O.HI/c1-4-13(11(2)3)18-16(17)19-14-9-10-20-15-8-6-5-7-12(14)15;/h1,5-8,11,13-14H,9-10H2,2-3H3,(H3,17,18,19);1H.